The standard InChI is InChI=1S/C18H23NS/c1-19-18(17-8-5-13-20-17)16-11-9-15(10-12-16)14-6-3-2-4-7-14/h5,8-14,18-19H,2-4,6-7H2,1H3. The summed E-state index contributed by atoms with van der Waals surface area (Å²) in [5.41, 5.74) is 2.91. The fourth-order valence-corrected chi connectivity index (χ4v) is 4.19. The van der Waals surface area contributed by atoms with Crippen LogP contribution in [0.4, 0.5) is 0 Å². The van der Waals surface area contributed by atoms with Crippen molar-refractivity contribution in [1.82, 2.24) is 5.32 Å². The maximum atomic E-state index is 3.43. The molecule has 2 aromatic rings. The van der Waals surface area contributed by atoms with Crippen LogP contribution in [-0.4, -0.2) is 7.05 Å². The fraction of sp³-hybridized carbons (Fsp3) is 0.444. The highest BCUT2D eigenvalue weighted by molar-refractivity contribution is 7.10. The van der Waals surface area contributed by atoms with E-state index in [0.717, 1.165) is 5.92 Å². The summed E-state index contributed by atoms with van der Waals surface area (Å²) in [7, 11) is 2.04. The third kappa shape index (κ3) is 2.97. The molecule has 1 unspecified atom stereocenters. The van der Waals surface area contributed by atoms with Gasteiger partial charge in [-0.1, -0.05) is 49.6 Å². The van der Waals surface area contributed by atoms with Gasteiger partial charge in [0.2, 0.25) is 0 Å². The summed E-state index contributed by atoms with van der Waals surface area (Å²) in [6.45, 7) is 0. The Labute approximate surface area is 126 Å². The van der Waals surface area contributed by atoms with Crippen molar-refractivity contribution in [3.05, 3.63) is 57.8 Å². The number of rotatable bonds is 4. The number of thiophene rings is 1. The molecule has 1 aromatic heterocycles. The van der Waals surface area contributed by atoms with Crippen LogP contribution in [-0.2, 0) is 0 Å². The molecule has 0 amide bonds. The van der Waals surface area contributed by atoms with Gasteiger partial charge >= 0.3 is 0 Å². The lowest BCUT2D eigenvalue weighted by Crippen LogP contribution is -2.16. The molecule has 106 valence electrons. The molecule has 2 heteroatoms. The summed E-state index contributed by atoms with van der Waals surface area (Å²) in [5, 5.41) is 5.58. The minimum atomic E-state index is 0.329. The summed E-state index contributed by atoms with van der Waals surface area (Å²) < 4.78 is 0. The molecule has 1 heterocycles. The van der Waals surface area contributed by atoms with Crippen LogP contribution < -0.4 is 5.32 Å². The predicted octanol–water partition coefficient (Wildman–Crippen LogP) is 5.10. The lowest BCUT2D eigenvalue weighted by atomic mass is 9.83. The van der Waals surface area contributed by atoms with E-state index in [1.165, 1.54) is 48.1 Å². The maximum Gasteiger partial charge on any atom is 0.0668 e. The first-order valence-corrected chi connectivity index (χ1v) is 8.57. The molecule has 1 N–H and O–H groups in total. The second-order valence-electron chi connectivity index (χ2n) is 5.74. The van der Waals surface area contributed by atoms with Crippen LogP contribution in [0.15, 0.2) is 41.8 Å². The molecular weight excluding hydrogens is 262 g/mol. The second-order valence-corrected chi connectivity index (χ2v) is 6.72. The Balaban J connectivity index is 1.78. The molecule has 1 aliphatic rings. The van der Waals surface area contributed by atoms with Crippen LogP contribution in [0.5, 0.6) is 0 Å². The Bertz CT molecular complexity index is 509. The second kappa shape index (κ2) is 6.55. The van der Waals surface area contributed by atoms with Gasteiger partial charge in [-0.2, -0.15) is 0 Å². The lowest BCUT2D eigenvalue weighted by Gasteiger charge is -2.23. The Morgan fingerprint density at radius 2 is 1.80 bits per heavy atom. The molecule has 1 nitrogen and oxygen atoms in total. The molecular formula is C18H23NS. The monoisotopic (exact) mass is 285 g/mol. The third-order valence-corrected chi connectivity index (χ3v) is 5.40. The molecule has 1 saturated carbocycles. The van der Waals surface area contributed by atoms with Gasteiger partial charge in [-0.3, -0.25) is 0 Å². The average molecular weight is 285 g/mol. The first-order valence-electron chi connectivity index (χ1n) is 7.69. The van der Waals surface area contributed by atoms with Gasteiger partial charge < -0.3 is 5.32 Å². The van der Waals surface area contributed by atoms with E-state index in [2.05, 4.69) is 47.1 Å². The van der Waals surface area contributed by atoms with Gasteiger partial charge in [0.25, 0.3) is 0 Å². The molecule has 1 aliphatic carbocycles. The van der Waals surface area contributed by atoms with Gasteiger partial charge in [-0.25, -0.2) is 0 Å². The van der Waals surface area contributed by atoms with Crippen molar-refractivity contribution in [1.29, 1.82) is 0 Å². The van der Waals surface area contributed by atoms with E-state index in [9.17, 15) is 0 Å². The van der Waals surface area contributed by atoms with Gasteiger partial charge in [0.05, 0.1) is 6.04 Å². The number of hydrogen-bond acceptors (Lipinski definition) is 2. The minimum Gasteiger partial charge on any atom is -0.309 e. The topological polar surface area (TPSA) is 12.0 Å². The molecule has 0 aliphatic heterocycles. The molecule has 1 fully saturated rings. The van der Waals surface area contributed by atoms with Crippen LogP contribution in [0.3, 0.4) is 0 Å². The molecule has 0 bridgehead atoms. The average Bonchev–Trinajstić information content (AvgIpc) is 3.04. The molecule has 0 saturated heterocycles. The molecule has 0 spiro atoms. The third-order valence-electron chi connectivity index (χ3n) is 4.46. The smallest absolute Gasteiger partial charge is 0.0668 e. The van der Waals surface area contributed by atoms with Gasteiger partial charge in [-0.15, -0.1) is 11.3 Å². The Kier molecular flexibility index (Phi) is 4.54. The highest BCUT2D eigenvalue weighted by Gasteiger charge is 2.17. The van der Waals surface area contributed by atoms with Crippen molar-refractivity contribution in [2.75, 3.05) is 7.05 Å². The molecule has 1 atom stereocenters. The summed E-state index contributed by atoms with van der Waals surface area (Å²) in [5.74, 6) is 0.799. The maximum absolute atomic E-state index is 3.43. The van der Waals surface area contributed by atoms with E-state index in [0.29, 0.717) is 6.04 Å². The first-order chi connectivity index (χ1) is 9.88. The largest absolute Gasteiger partial charge is 0.309 e. The number of hydrogen-bond donors (Lipinski definition) is 1. The van der Waals surface area contributed by atoms with Crippen molar-refractivity contribution >= 4 is 11.3 Å². The van der Waals surface area contributed by atoms with E-state index in [1.54, 1.807) is 0 Å². The van der Waals surface area contributed by atoms with Crippen LogP contribution in [0.25, 0.3) is 0 Å². The Morgan fingerprint density at radius 3 is 2.40 bits per heavy atom. The van der Waals surface area contributed by atoms with Gasteiger partial charge in [0.15, 0.2) is 0 Å². The van der Waals surface area contributed by atoms with E-state index in [-0.39, 0.29) is 0 Å². The van der Waals surface area contributed by atoms with Gasteiger partial charge in [0.1, 0.15) is 0 Å². The number of benzene rings is 1. The van der Waals surface area contributed by atoms with Crippen LogP contribution in [0, 0.1) is 0 Å². The van der Waals surface area contributed by atoms with E-state index < -0.39 is 0 Å². The van der Waals surface area contributed by atoms with Crippen molar-refractivity contribution in [2.45, 2.75) is 44.1 Å². The molecule has 0 radical (unpaired) electrons. The molecule has 20 heavy (non-hydrogen) atoms. The van der Waals surface area contributed by atoms with Gasteiger partial charge in [-0.05, 0) is 48.4 Å². The highest BCUT2D eigenvalue weighted by Crippen LogP contribution is 2.33. The number of nitrogens with one attached hydrogen (secondary N) is 1. The van der Waals surface area contributed by atoms with Crippen LogP contribution >= 0.6 is 11.3 Å². The summed E-state index contributed by atoms with van der Waals surface area (Å²) >= 11 is 1.82. The zero-order chi connectivity index (χ0) is 13.8. The predicted molar refractivity (Wildman–Crippen MR) is 87.5 cm³/mol. The Morgan fingerprint density at radius 1 is 1.05 bits per heavy atom. The highest BCUT2D eigenvalue weighted by atomic mass is 32.1. The molecule has 3 rings (SSSR count). The SMILES string of the molecule is CNC(c1ccc(C2CCCCC2)cc1)c1cccs1. The zero-order valence-electron chi connectivity index (χ0n) is 12.1. The normalized spacial score (nSPS) is 18.1. The van der Waals surface area contributed by atoms with Crippen molar-refractivity contribution in [3.63, 3.8) is 0 Å². The van der Waals surface area contributed by atoms with Crippen molar-refractivity contribution in [3.8, 4) is 0 Å². The lowest BCUT2D eigenvalue weighted by molar-refractivity contribution is 0.443. The molecule has 1 aromatic carbocycles. The van der Waals surface area contributed by atoms with Crippen molar-refractivity contribution in [2.24, 2.45) is 0 Å². The summed E-state index contributed by atoms with van der Waals surface area (Å²) in [6.07, 6.45) is 6.98. The first kappa shape index (κ1) is 13.8. The van der Waals surface area contributed by atoms with E-state index in [1.807, 2.05) is 18.4 Å². The Hall–Kier alpha value is -1.12. The zero-order valence-corrected chi connectivity index (χ0v) is 13.0. The minimum absolute atomic E-state index is 0.329. The van der Waals surface area contributed by atoms with Crippen LogP contribution in [0.2, 0.25) is 0 Å². The van der Waals surface area contributed by atoms with Gasteiger partial charge in [0, 0.05) is 4.88 Å². The van der Waals surface area contributed by atoms with Crippen molar-refractivity contribution < 1.29 is 0 Å². The fourth-order valence-electron chi connectivity index (χ4n) is 3.33. The van der Waals surface area contributed by atoms with E-state index in [4.69, 9.17) is 0 Å². The summed E-state index contributed by atoms with van der Waals surface area (Å²) in [6, 6.07) is 14.0. The van der Waals surface area contributed by atoms with E-state index >= 15 is 0 Å². The summed E-state index contributed by atoms with van der Waals surface area (Å²) in [4.78, 5) is 1.39. The quantitative estimate of drug-likeness (QED) is 0.823. The van der Waals surface area contributed by atoms with Crippen LogP contribution in [0.1, 0.15) is 60.1 Å².